The van der Waals surface area contributed by atoms with Gasteiger partial charge < -0.3 is 9.64 Å². The van der Waals surface area contributed by atoms with E-state index in [0.717, 1.165) is 6.07 Å². The van der Waals surface area contributed by atoms with Gasteiger partial charge in [-0.1, -0.05) is 30.3 Å². The Morgan fingerprint density at radius 3 is 2.55 bits per heavy atom. The molecule has 8 nitrogen and oxygen atoms in total. The van der Waals surface area contributed by atoms with Gasteiger partial charge in [-0.25, -0.2) is 21.6 Å². The maximum absolute atomic E-state index is 14.8. The first-order valence-electron chi connectivity index (χ1n) is 12.5. The zero-order chi connectivity index (χ0) is 28.0. The molecule has 0 radical (unpaired) electrons. The van der Waals surface area contributed by atoms with Crippen LogP contribution < -0.4 is 20.1 Å². The first-order valence-corrected chi connectivity index (χ1v) is 14.4. The van der Waals surface area contributed by atoms with Crippen molar-refractivity contribution < 1.29 is 32.5 Å². The lowest BCUT2D eigenvalue weighted by molar-refractivity contribution is 0.0945. The Morgan fingerprint density at radius 2 is 1.75 bits per heavy atom. The van der Waals surface area contributed by atoms with E-state index in [2.05, 4.69) is 10.4 Å². The Labute approximate surface area is 229 Å². The van der Waals surface area contributed by atoms with E-state index in [9.17, 15) is 26.4 Å². The van der Waals surface area contributed by atoms with Crippen LogP contribution in [0.4, 0.5) is 24.5 Å². The van der Waals surface area contributed by atoms with Crippen LogP contribution in [0.1, 0.15) is 11.8 Å². The zero-order valence-corrected chi connectivity index (χ0v) is 21.8. The third-order valence-electron chi connectivity index (χ3n) is 7.02. The molecule has 4 aromatic rings. The number of fused-ring (bicyclic) bond motifs is 2. The molecular weight excluding hydrogens is 545 g/mol. The van der Waals surface area contributed by atoms with E-state index in [0.29, 0.717) is 41.7 Å². The molecule has 3 heterocycles. The largest absolute Gasteiger partial charge is 0.489 e. The van der Waals surface area contributed by atoms with Crippen LogP contribution in [0, 0.1) is 17.5 Å². The molecule has 208 valence electrons. The summed E-state index contributed by atoms with van der Waals surface area (Å²) in [6, 6.07) is 13.3. The van der Waals surface area contributed by atoms with E-state index >= 15 is 0 Å². The van der Waals surface area contributed by atoms with Gasteiger partial charge in [0.15, 0.2) is 21.5 Å². The summed E-state index contributed by atoms with van der Waals surface area (Å²) in [4.78, 5) is 19.9. The lowest BCUT2D eigenvalue weighted by atomic mass is 9.98. The summed E-state index contributed by atoms with van der Waals surface area (Å²) >= 11 is 0. The molecule has 40 heavy (non-hydrogen) atoms. The van der Waals surface area contributed by atoms with Gasteiger partial charge in [0.25, 0.3) is 5.91 Å². The van der Waals surface area contributed by atoms with E-state index in [-0.39, 0.29) is 48.2 Å². The molecule has 1 saturated heterocycles. The van der Waals surface area contributed by atoms with Crippen molar-refractivity contribution in [3.8, 4) is 16.9 Å². The number of halogens is 3. The number of ether oxygens (including phenoxy) is 1. The fourth-order valence-electron chi connectivity index (χ4n) is 5.09. The molecule has 0 unspecified atom stereocenters. The van der Waals surface area contributed by atoms with Gasteiger partial charge in [-0.2, -0.15) is 0 Å². The fourth-order valence-corrected chi connectivity index (χ4v) is 6.29. The number of hydrogen-bond acceptors (Lipinski definition) is 7. The average Bonchev–Trinajstić information content (AvgIpc) is 2.94. The summed E-state index contributed by atoms with van der Waals surface area (Å²) in [5.41, 5.74) is 4.16. The van der Waals surface area contributed by atoms with E-state index in [1.807, 2.05) is 18.2 Å². The first kappa shape index (κ1) is 25.9. The SMILES string of the molecule is O=C(NN1CCOc2ccccc21)c1cnc2c(-c3cc(F)cc(F)c3F)cccc2c1N1CCS(=O)(=O)CC1.[HH]. The van der Waals surface area contributed by atoms with E-state index < -0.39 is 33.2 Å². The van der Waals surface area contributed by atoms with Crippen molar-refractivity contribution in [2.45, 2.75) is 0 Å². The topological polar surface area (TPSA) is 91.8 Å². The summed E-state index contributed by atoms with van der Waals surface area (Å²) in [5, 5.41) is 2.08. The smallest absolute Gasteiger partial charge is 0.273 e. The second-order valence-electron chi connectivity index (χ2n) is 9.52. The molecule has 0 saturated carbocycles. The molecule has 0 spiro atoms. The van der Waals surface area contributed by atoms with Crippen molar-refractivity contribution in [2.75, 3.05) is 47.7 Å². The van der Waals surface area contributed by atoms with Crippen molar-refractivity contribution >= 4 is 38.0 Å². The minimum atomic E-state index is -3.25. The number of nitrogens with zero attached hydrogens (tertiary/aromatic N) is 3. The number of sulfone groups is 1. The Morgan fingerprint density at radius 1 is 0.975 bits per heavy atom. The van der Waals surface area contributed by atoms with Crippen molar-refractivity contribution in [3.63, 3.8) is 0 Å². The third kappa shape index (κ3) is 4.68. The average molecular weight is 571 g/mol. The lowest BCUT2D eigenvalue weighted by Crippen LogP contribution is -2.47. The summed E-state index contributed by atoms with van der Waals surface area (Å²) in [5.74, 6) is -3.63. The van der Waals surface area contributed by atoms with Crippen LogP contribution in [-0.2, 0) is 9.84 Å². The van der Waals surface area contributed by atoms with E-state index in [1.165, 1.54) is 12.3 Å². The minimum Gasteiger partial charge on any atom is -0.489 e. The summed E-state index contributed by atoms with van der Waals surface area (Å²) in [6.45, 7) is 0.976. The predicted molar refractivity (Wildman–Crippen MR) is 147 cm³/mol. The lowest BCUT2D eigenvalue weighted by Gasteiger charge is -2.33. The normalized spacial score (nSPS) is 16.4. The van der Waals surface area contributed by atoms with Crippen LogP contribution in [0.25, 0.3) is 22.0 Å². The van der Waals surface area contributed by atoms with Crippen molar-refractivity contribution in [3.05, 3.63) is 83.8 Å². The summed E-state index contributed by atoms with van der Waals surface area (Å²) in [7, 11) is -3.25. The number of anilines is 2. The van der Waals surface area contributed by atoms with Crippen LogP contribution in [0.3, 0.4) is 0 Å². The molecular formula is C28H25F3N4O4S. The Bertz CT molecular complexity index is 1760. The van der Waals surface area contributed by atoms with Gasteiger partial charge in [0.05, 0.1) is 40.5 Å². The van der Waals surface area contributed by atoms with Gasteiger partial charge >= 0.3 is 0 Å². The highest BCUT2D eigenvalue weighted by atomic mass is 32.2. The van der Waals surface area contributed by atoms with Gasteiger partial charge in [0.1, 0.15) is 18.2 Å². The fraction of sp³-hybridized carbons (Fsp3) is 0.214. The van der Waals surface area contributed by atoms with Gasteiger partial charge in [0, 0.05) is 43.3 Å². The molecule has 2 aliphatic rings. The highest BCUT2D eigenvalue weighted by Gasteiger charge is 2.29. The van der Waals surface area contributed by atoms with Crippen LogP contribution in [0.15, 0.2) is 60.8 Å². The number of rotatable bonds is 4. The van der Waals surface area contributed by atoms with Crippen molar-refractivity contribution in [1.29, 1.82) is 0 Å². The molecule has 0 aliphatic carbocycles. The Hall–Kier alpha value is -4.32. The molecule has 1 N–H and O–H groups in total. The zero-order valence-electron chi connectivity index (χ0n) is 21.0. The van der Waals surface area contributed by atoms with Crippen LogP contribution >= 0.6 is 0 Å². The van der Waals surface area contributed by atoms with Crippen LogP contribution in [0.5, 0.6) is 5.75 Å². The number of nitrogens with one attached hydrogen (secondary N) is 1. The van der Waals surface area contributed by atoms with Gasteiger partial charge in [0.2, 0.25) is 0 Å². The maximum atomic E-state index is 14.8. The van der Waals surface area contributed by atoms with Gasteiger partial charge in [-0.3, -0.25) is 20.2 Å². The number of benzene rings is 3. The molecule has 1 aromatic heterocycles. The molecule has 1 amide bonds. The molecule has 2 aliphatic heterocycles. The van der Waals surface area contributed by atoms with Crippen molar-refractivity contribution in [2.24, 2.45) is 0 Å². The first-order chi connectivity index (χ1) is 19.2. The summed E-state index contributed by atoms with van der Waals surface area (Å²) in [6.07, 6.45) is 1.32. The number of para-hydroxylation sites is 3. The van der Waals surface area contributed by atoms with Gasteiger partial charge in [-0.15, -0.1) is 0 Å². The maximum Gasteiger partial charge on any atom is 0.273 e. The molecule has 1 fully saturated rings. The molecule has 12 heteroatoms. The second kappa shape index (κ2) is 10.0. The highest BCUT2D eigenvalue weighted by molar-refractivity contribution is 7.91. The number of hydrazine groups is 1. The third-order valence-corrected chi connectivity index (χ3v) is 8.63. The number of pyridine rings is 1. The van der Waals surface area contributed by atoms with Crippen molar-refractivity contribution in [1.82, 2.24) is 10.4 Å². The quantitative estimate of drug-likeness (QED) is 0.365. The second-order valence-corrected chi connectivity index (χ2v) is 11.8. The number of aromatic nitrogens is 1. The standard InChI is InChI=1S/C28H23F3N4O4S.H2/c29-17-14-20(25(31)22(30)15-17)18-4-3-5-19-26(18)32-16-21(27(19)34-9-12-40(37,38)13-10-34)28(36)33-35-8-11-39-24-7-2-1-6-23(24)35;/h1-7,14-16H,8-13H2,(H,33,36);1H. The number of amides is 1. The number of carbonyl (C=O) groups is 1. The van der Waals surface area contributed by atoms with Crippen LogP contribution in [0.2, 0.25) is 0 Å². The predicted octanol–water partition coefficient (Wildman–Crippen LogP) is 4.34. The Kier molecular flexibility index (Phi) is 6.49. The minimum absolute atomic E-state index is 0. The molecule has 0 atom stereocenters. The number of hydrogen-bond donors (Lipinski definition) is 1. The Balaban J connectivity index is 0.00000337. The van der Waals surface area contributed by atoms with Gasteiger partial charge in [-0.05, 0) is 18.2 Å². The van der Waals surface area contributed by atoms with E-state index in [4.69, 9.17) is 4.74 Å². The molecule has 6 rings (SSSR count). The number of carbonyl (C=O) groups excluding carboxylic acids is 1. The van der Waals surface area contributed by atoms with Crippen LogP contribution in [-0.4, -0.2) is 57.1 Å². The molecule has 3 aromatic carbocycles. The monoisotopic (exact) mass is 570 g/mol. The van der Waals surface area contributed by atoms with E-state index in [1.54, 1.807) is 28.1 Å². The highest BCUT2D eigenvalue weighted by Crippen LogP contribution is 2.38. The summed E-state index contributed by atoms with van der Waals surface area (Å²) < 4.78 is 73.0. The molecule has 0 bridgehead atoms.